The molecule has 3 unspecified atom stereocenters. The van der Waals surface area contributed by atoms with Gasteiger partial charge < -0.3 is 16.0 Å². The predicted molar refractivity (Wildman–Crippen MR) is 112 cm³/mol. The molecule has 154 valence electrons. The first kappa shape index (κ1) is 21.7. The monoisotopic (exact) mass is 387 g/mol. The number of aliphatic imine (C=N–C) groups is 1. The smallest absolute Gasteiger partial charge is 0.325 e. The van der Waals surface area contributed by atoms with Crippen LogP contribution in [0.25, 0.3) is 0 Å². The van der Waals surface area contributed by atoms with Crippen molar-refractivity contribution in [2.45, 2.75) is 58.0 Å². The van der Waals surface area contributed by atoms with E-state index in [1.807, 2.05) is 25.1 Å². The Balaban J connectivity index is 1.78. The number of rotatable bonds is 8. The van der Waals surface area contributed by atoms with Crippen LogP contribution in [0.4, 0.5) is 4.79 Å². The fourth-order valence-electron chi connectivity index (χ4n) is 3.21. The van der Waals surface area contributed by atoms with E-state index in [0.29, 0.717) is 37.8 Å². The van der Waals surface area contributed by atoms with Gasteiger partial charge in [-0.2, -0.15) is 0 Å². The van der Waals surface area contributed by atoms with E-state index in [0.717, 1.165) is 0 Å². The summed E-state index contributed by atoms with van der Waals surface area (Å²) in [4.78, 5) is 30.0. The van der Waals surface area contributed by atoms with E-state index in [2.05, 4.69) is 46.9 Å². The minimum atomic E-state index is -0.773. The van der Waals surface area contributed by atoms with Crippen LogP contribution >= 0.6 is 0 Å². The number of hydrogen-bond acceptors (Lipinski definition) is 3. The summed E-state index contributed by atoms with van der Waals surface area (Å²) in [6.07, 6.45) is 1.24. The molecule has 1 saturated heterocycles. The topological polar surface area (TPSA) is 85.8 Å². The van der Waals surface area contributed by atoms with E-state index in [-0.39, 0.29) is 18.0 Å². The molecular formula is C21H33N5O2. The summed E-state index contributed by atoms with van der Waals surface area (Å²) in [5.41, 5.74) is 0.501. The first-order chi connectivity index (χ1) is 13.3. The molecule has 1 aromatic carbocycles. The van der Waals surface area contributed by atoms with Crippen molar-refractivity contribution in [2.75, 3.05) is 20.1 Å². The summed E-state index contributed by atoms with van der Waals surface area (Å²) in [6, 6.07) is 10.3. The fourth-order valence-corrected chi connectivity index (χ4v) is 3.21. The number of nitrogens with zero attached hydrogens (tertiary/aromatic N) is 2. The summed E-state index contributed by atoms with van der Waals surface area (Å²) >= 11 is 0. The van der Waals surface area contributed by atoms with Crippen molar-refractivity contribution in [1.29, 1.82) is 0 Å². The SMILES string of the molecule is CCC1(C)NC(=O)N(CCCNC(=NC)NC(C)C(C)c2ccccc2)C1=O. The Morgan fingerprint density at radius 1 is 1.25 bits per heavy atom. The van der Waals surface area contributed by atoms with Gasteiger partial charge in [-0.15, -0.1) is 0 Å². The van der Waals surface area contributed by atoms with Gasteiger partial charge in [0, 0.05) is 32.1 Å². The van der Waals surface area contributed by atoms with Gasteiger partial charge in [0.15, 0.2) is 5.96 Å². The van der Waals surface area contributed by atoms with Crippen molar-refractivity contribution in [3.8, 4) is 0 Å². The molecule has 1 aliphatic heterocycles. The Hall–Kier alpha value is -2.57. The van der Waals surface area contributed by atoms with Crippen LogP contribution in [0, 0.1) is 0 Å². The normalized spacial score (nSPS) is 22.0. The molecule has 7 heteroatoms. The average Bonchev–Trinajstić information content (AvgIpc) is 2.93. The Bertz CT molecular complexity index is 706. The van der Waals surface area contributed by atoms with Gasteiger partial charge in [0.05, 0.1) is 0 Å². The lowest BCUT2D eigenvalue weighted by Crippen LogP contribution is -2.45. The van der Waals surface area contributed by atoms with Crippen molar-refractivity contribution < 1.29 is 9.59 Å². The van der Waals surface area contributed by atoms with E-state index in [4.69, 9.17) is 0 Å². The number of carbonyl (C=O) groups excluding carboxylic acids is 2. The molecule has 0 aromatic heterocycles. The van der Waals surface area contributed by atoms with Gasteiger partial charge in [-0.25, -0.2) is 4.79 Å². The van der Waals surface area contributed by atoms with Gasteiger partial charge in [0.1, 0.15) is 5.54 Å². The number of nitrogens with one attached hydrogen (secondary N) is 3. The summed E-state index contributed by atoms with van der Waals surface area (Å²) in [6.45, 7) is 8.99. The number of imide groups is 1. The molecule has 2 rings (SSSR count). The zero-order valence-electron chi connectivity index (χ0n) is 17.6. The van der Waals surface area contributed by atoms with Crippen LogP contribution in [0.3, 0.4) is 0 Å². The van der Waals surface area contributed by atoms with Crippen molar-refractivity contribution in [3.05, 3.63) is 35.9 Å². The van der Waals surface area contributed by atoms with Crippen LogP contribution in [-0.2, 0) is 4.79 Å². The van der Waals surface area contributed by atoms with Crippen LogP contribution in [0.5, 0.6) is 0 Å². The molecule has 1 heterocycles. The van der Waals surface area contributed by atoms with Gasteiger partial charge in [0.2, 0.25) is 0 Å². The lowest BCUT2D eigenvalue weighted by atomic mass is 9.94. The molecule has 3 amide bonds. The molecule has 0 radical (unpaired) electrons. The Labute approximate surface area is 168 Å². The van der Waals surface area contributed by atoms with Crippen molar-refractivity contribution in [2.24, 2.45) is 4.99 Å². The standard InChI is InChI=1S/C21H33N5O2/c1-6-21(4)18(27)26(20(28)25-21)14-10-13-23-19(22-5)24-16(3)15(2)17-11-8-7-9-12-17/h7-9,11-12,15-16H,6,10,13-14H2,1-5H3,(H,25,28)(H2,22,23,24). The Morgan fingerprint density at radius 2 is 1.93 bits per heavy atom. The molecule has 1 aromatic rings. The highest BCUT2D eigenvalue weighted by molar-refractivity contribution is 6.06. The number of guanidine groups is 1. The second kappa shape index (κ2) is 9.57. The van der Waals surface area contributed by atoms with Gasteiger partial charge >= 0.3 is 6.03 Å². The molecule has 1 fully saturated rings. The van der Waals surface area contributed by atoms with Crippen molar-refractivity contribution in [1.82, 2.24) is 20.9 Å². The van der Waals surface area contributed by atoms with E-state index in [9.17, 15) is 9.59 Å². The third kappa shape index (κ3) is 5.03. The van der Waals surface area contributed by atoms with Crippen LogP contribution in [-0.4, -0.2) is 54.5 Å². The highest BCUT2D eigenvalue weighted by atomic mass is 16.2. The molecule has 0 aliphatic carbocycles. The summed E-state index contributed by atoms with van der Waals surface area (Å²) in [5, 5.41) is 9.45. The van der Waals surface area contributed by atoms with E-state index < -0.39 is 5.54 Å². The van der Waals surface area contributed by atoms with E-state index >= 15 is 0 Å². The number of amides is 3. The summed E-state index contributed by atoms with van der Waals surface area (Å²) in [5.74, 6) is 0.899. The maximum absolute atomic E-state index is 12.4. The lowest BCUT2D eigenvalue weighted by molar-refractivity contribution is -0.130. The highest BCUT2D eigenvalue weighted by Gasteiger charge is 2.45. The number of benzene rings is 1. The largest absolute Gasteiger partial charge is 0.356 e. The van der Waals surface area contributed by atoms with E-state index in [1.165, 1.54) is 10.5 Å². The fraction of sp³-hybridized carbons (Fsp3) is 0.571. The molecule has 0 spiro atoms. The third-order valence-electron chi connectivity index (χ3n) is 5.57. The second-order valence-electron chi connectivity index (χ2n) is 7.56. The second-order valence-corrected chi connectivity index (χ2v) is 7.56. The first-order valence-electron chi connectivity index (χ1n) is 9.98. The molecule has 0 bridgehead atoms. The zero-order chi connectivity index (χ0) is 20.7. The van der Waals surface area contributed by atoms with Crippen LogP contribution < -0.4 is 16.0 Å². The number of urea groups is 1. The van der Waals surface area contributed by atoms with Crippen molar-refractivity contribution in [3.63, 3.8) is 0 Å². The maximum Gasteiger partial charge on any atom is 0.325 e. The van der Waals surface area contributed by atoms with E-state index in [1.54, 1.807) is 14.0 Å². The number of carbonyl (C=O) groups is 2. The minimum Gasteiger partial charge on any atom is -0.356 e. The third-order valence-corrected chi connectivity index (χ3v) is 5.57. The maximum atomic E-state index is 12.4. The van der Waals surface area contributed by atoms with Gasteiger partial charge in [-0.3, -0.25) is 14.7 Å². The predicted octanol–water partition coefficient (Wildman–Crippen LogP) is 2.45. The first-order valence-corrected chi connectivity index (χ1v) is 9.98. The Morgan fingerprint density at radius 3 is 2.50 bits per heavy atom. The van der Waals surface area contributed by atoms with Crippen LogP contribution in [0.1, 0.15) is 52.0 Å². The summed E-state index contributed by atoms with van der Waals surface area (Å²) in [7, 11) is 1.74. The highest BCUT2D eigenvalue weighted by Crippen LogP contribution is 2.21. The van der Waals surface area contributed by atoms with Gasteiger partial charge in [0.25, 0.3) is 5.91 Å². The lowest BCUT2D eigenvalue weighted by Gasteiger charge is -2.24. The molecule has 7 nitrogen and oxygen atoms in total. The van der Waals surface area contributed by atoms with Crippen LogP contribution in [0.2, 0.25) is 0 Å². The molecule has 28 heavy (non-hydrogen) atoms. The Kier molecular flexibility index (Phi) is 7.43. The van der Waals surface area contributed by atoms with Crippen molar-refractivity contribution >= 4 is 17.9 Å². The molecule has 0 saturated carbocycles. The van der Waals surface area contributed by atoms with Crippen LogP contribution in [0.15, 0.2) is 35.3 Å². The minimum absolute atomic E-state index is 0.146. The molecule has 1 aliphatic rings. The average molecular weight is 388 g/mol. The zero-order valence-corrected chi connectivity index (χ0v) is 17.6. The van der Waals surface area contributed by atoms with Gasteiger partial charge in [-0.05, 0) is 32.3 Å². The molecular weight excluding hydrogens is 354 g/mol. The summed E-state index contributed by atoms with van der Waals surface area (Å²) < 4.78 is 0. The molecule has 3 N–H and O–H groups in total. The number of hydrogen-bond donors (Lipinski definition) is 3. The molecule has 3 atom stereocenters. The van der Waals surface area contributed by atoms with Gasteiger partial charge in [-0.1, -0.05) is 44.2 Å². The quantitative estimate of drug-likeness (QED) is 0.277.